The third kappa shape index (κ3) is 3.10. The Labute approximate surface area is 210 Å². The maximum Gasteiger partial charge on any atom is 0.162 e. The van der Waals surface area contributed by atoms with E-state index in [1.54, 1.807) is 0 Å². The monoisotopic (exact) mass is 484 g/mol. The molecule has 2 N–H and O–H groups in total. The van der Waals surface area contributed by atoms with Crippen molar-refractivity contribution in [2.24, 2.45) is 39.4 Å². The van der Waals surface area contributed by atoms with Crippen LogP contribution in [0.15, 0.2) is 23.3 Å². The molecule has 0 radical (unpaired) electrons. The molecule has 35 heavy (non-hydrogen) atoms. The molecule has 5 heteroatoms. The molecule has 5 nitrogen and oxygen atoms in total. The van der Waals surface area contributed by atoms with Crippen molar-refractivity contribution in [1.82, 2.24) is 0 Å². The average molecular weight is 485 g/mol. The minimum Gasteiger partial charge on any atom is -0.390 e. The van der Waals surface area contributed by atoms with Crippen molar-refractivity contribution in [3.63, 3.8) is 0 Å². The van der Waals surface area contributed by atoms with Crippen molar-refractivity contribution < 1.29 is 24.5 Å². The van der Waals surface area contributed by atoms with E-state index in [1.807, 2.05) is 20.8 Å². The largest absolute Gasteiger partial charge is 0.390 e. The van der Waals surface area contributed by atoms with Gasteiger partial charge in [-0.2, -0.15) is 0 Å². The molecule has 10 atom stereocenters. The maximum absolute atomic E-state index is 14.3. The standard InChI is InChI=1S/C30H44O5/c1-16(2)11-17-13-29(7,34)24-21(35-17)14-27(5)22-10-9-18-19(12-20(31)25(33)26(18,3)4)30(22,8)23(32)15-28(24,27)6/h9,11,17,19,21-22,24-25,33-34H,10,12-15H2,1-8H3/t17?,19-,21-,22+,24+,25+,27+,28-,29+,30+/m1/s1. The molecule has 4 aliphatic carbocycles. The molecule has 1 saturated heterocycles. The van der Waals surface area contributed by atoms with Crippen LogP contribution in [0.2, 0.25) is 0 Å². The van der Waals surface area contributed by atoms with Crippen LogP contribution < -0.4 is 0 Å². The van der Waals surface area contributed by atoms with E-state index in [4.69, 9.17) is 4.74 Å². The first-order chi connectivity index (χ1) is 16.0. The molecular formula is C30H44O5. The first-order valence-corrected chi connectivity index (χ1v) is 13.5. The number of carbonyl (C=O) groups excluding carboxylic acids is 2. The number of ether oxygens (including phenoxy) is 1. The number of hydrogen-bond acceptors (Lipinski definition) is 5. The molecule has 4 fully saturated rings. The first kappa shape index (κ1) is 25.4. The quantitative estimate of drug-likeness (QED) is 0.523. The fourth-order valence-electron chi connectivity index (χ4n) is 9.82. The van der Waals surface area contributed by atoms with Crippen LogP contribution in [0.25, 0.3) is 0 Å². The van der Waals surface area contributed by atoms with Gasteiger partial charge in [-0.3, -0.25) is 9.59 Å². The third-order valence-electron chi connectivity index (χ3n) is 11.6. The van der Waals surface area contributed by atoms with E-state index >= 15 is 0 Å². The van der Waals surface area contributed by atoms with E-state index in [1.165, 1.54) is 5.57 Å². The van der Waals surface area contributed by atoms with Crippen LogP contribution in [-0.2, 0) is 14.3 Å². The van der Waals surface area contributed by atoms with Gasteiger partial charge in [-0.15, -0.1) is 0 Å². The normalized spacial score (nSPS) is 52.6. The molecule has 1 aliphatic heterocycles. The van der Waals surface area contributed by atoms with Crippen LogP contribution in [0.3, 0.4) is 0 Å². The number of ketones is 2. The van der Waals surface area contributed by atoms with Gasteiger partial charge in [0.05, 0.1) is 17.8 Å². The fraction of sp³-hybridized carbons (Fsp3) is 0.800. The predicted molar refractivity (Wildman–Crippen MR) is 134 cm³/mol. The number of carbonyl (C=O) groups is 2. The van der Waals surface area contributed by atoms with Gasteiger partial charge in [-0.1, -0.05) is 57.9 Å². The van der Waals surface area contributed by atoms with Gasteiger partial charge < -0.3 is 14.9 Å². The fourth-order valence-corrected chi connectivity index (χ4v) is 9.82. The number of fused-ring (bicyclic) bond motifs is 7. The molecular weight excluding hydrogens is 440 g/mol. The lowest BCUT2D eigenvalue weighted by atomic mass is 9.38. The van der Waals surface area contributed by atoms with E-state index < -0.39 is 27.9 Å². The van der Waals surface area contributed by atoms with Gasteiger partial charge in [0.15, 0.2) is 5.78 Å². The zero-order valence-corrected chi connectivity index (χ0v) is 22.8. The summed E-state index contributed by atoms with van der Waals surface area (Å²) >= 11 is 0. The van der Waals surface area contributed by atoms with Gasteiger partial charge in [0.25, 0.3) is 0 Å². The second kappa shape index (κ2) is 7.39. The predicted octanol–water partition coefficient (Wildman–Crippen LogP) is 4.80. The van der Waals surface area contributed by atoms with E-state index in [-0.39, 0.29) is 53.4 Å². The minimum absolute atomic E-state index is 0.0562. The Kier molecular flexibility index (Phi) is 5.35. The summed E-state index contributed by atoms with van der Waals surface area (Å²) in [5.74, 6) is -0.182. The smallest absolute Gasteiger partial charge is 0.162 e. The van der Waals surface area contributed by atoms with E-state index in [9.17, 15) is 19.8 Å². The summed E-state index contributed by atoms with van der Waals surface area (Å²) in [5.41, 5.74) is -0.614. The van der Waals surface area contributed by atoms with Crippen LogP contribution >= 0.6 is 0 Å². The zero-order chi connectivity index (χ0) is 25.9. The Hall–Kier alpha value is -1.30. The van der Waals surface area contributed by atoms with Gasteiger partial charge >= 0.3 is 0 Å². The maximum atomic E-state index is 14.3. The lowest BCUT2D eigenvalue weighted by Gasteiger charge is -2.64. The number of Topliss-reactive ketones (excluding diaryl/α,β-unsaturated/α-hetero) is 2. The van der Waals surface area contributed by atoms with Crippen molar-refractivity contribution in [2.45, 2.75) is 111 Å². The number of aliphatic hydroxyl groups is 2. The van der Waals surface area contributed by atoms with Crippen molar-refractivity contribution in [3.8, 4) is 0 Å². The van der Waals surface area contributed by atoms with Gasteiger partial charge in [-0.05, 0) is 56.3 Å². The molecule has 5 rings (SSSR count). The highest BCUT2D eigenvalue weighted by Crippen LogP contribution is 2.75. The number of hydrogen-bond donors (Lipinski definition) is 2. The molecule has 0 spiro atoms. The van der Waals surface area contributed by atoms with Crippen molar-refractivity contribution >= 4 is 11.6 Å². The van der Waals surface area contributed by atoms with Gasteiger partial charge in [0.1, 0.15) is 11.9 Å². The molecule has 5 aliphatic rings. The Bertz CT molecular complexity index is 1030. The summed E-state index contributed by atoms with van der Waals surface area (Å²) in [6.45, 7) is 16.6. The third-order valence-corrected chi connectivity index (χ3v) is 11.6. The number of allylic oxidation sites excluding steroid dienone is 2. The Morgan fingerprint density at radius 2 is 1.71 bits per heavy atom. The molecule has 0 aromatic carbocycles. The van der Waals surface area contributed by atoms with Crippen LogP contribution in [0, 0.1) is 39.4 Å². The van der Waals surface area contributed by atoms with Crippen molar-refractivity contribution in [2.75, 3.05) is 0 Å². The van der Waals surface area contributed by atoms with E-state index in [0.29, 0.717) is 12.8 Å². The lowest BCUT2D eigenvalue weighted by molar-refractivity contribution is -0.200. The SMILES string of the molecule is CC(C)=CC1C[C@](C)(O)[C@H]2[C@@H](C[C@@]3(C)[C@@H]4CC=C5[C@@H](CC(=O)[C@H](O)C5(C)C)[C@]4(C)C(=O)C[C@]23C)O1. The first-order valence-electron chi connectivity index (χ1n) is 13.5. The van der Waals surface area contributed by atoms with Gasteiger partial charge in [0.2, 0.25) is 0 Å². The van der Waals surface area contributed by atoms with Crippen molar-refractivity contribution in [3.05, 3.63) is 23.3 Å². The summed E-state index contributed by atoms with van der Waals surface area (Å²) in [6.07, 6.45) is 5.82. The average Bonchev–Trinajstić information content (AvgIpc) is 2.93. The molecule has 194 valence electrons. The second-order valence-electron chi connectivity index (χ2n) is 14.2. The highest BCUT2D eigenvalue weighted by molar-refractivity contribution is 5.92. The van der Waals surface area contributed by atoms with E-state index in [2.05, 4.69) is 46.8 Å². The Balaban J connectivity index is 1.61. The molecule has 1 unspecified atom stereocenters. The molecule has 0 amide bonds. The highest BCUT2D eigenvalue weighted by atomic mass is 16.5. The van der Waals surface area contributed by atoms with Crippen LogP contribution in [0.1, 0.15) is 87.5 Å². The summed E-state index contributed by atoms with van der Waals surface area (Å²) in [7, 11) is 0. The van der Waals surface area contributed by atoms with E-state index in [0.717, 1.165) is 18.4 Å². The van der Waals surface area contributed by atoms with Crippen molar-refractivity contribution in [1.29, 1.82) is 0 Å². The molecule has 0 bridgehead atoms. The van der Waals surface area contributed by atoms with Crippen LogP contribution in [0.4, 0.5) is 0 Å². The Morgan fingerprint density at radius 3 is 2.34 bits per heavy atom. The van der Waals surface area contributed by atoms with Gasteiger partial charge in [0, 0.05) is 36.0 Å². The molecule has 0 aromatic rings. The minimum atomic E-state index is -1.02. The molecule has 1 heterocycles. The Morgan fingerprint density at radius 1 is 1.06 bits per heavy atom. The molecule has 0 aromatic heterocycles. The van der Waals surface area contributed by atoms with Crippen LogP contribution in [-0.4, -0.2) is 45.7 Å². The molecule has 3 saturated carbocycles. The summed E-state index contributed by atoms with van der Waals surface area (Å²) in [4.78, 5) is 27.2. The van der Waals surface area contributed by atoms with Gasteiger partial charge in [-0.25, -0.2) is 0 Å². The van der Waals surface area contributed by atoms with Crippen LogP contribution in [0.5, 0.6) is 0 Å². The summed E-state index contributed by atoms with van der Waals surface area (Å²) < 4.78 is 6.65. The number of aliphatic hydroxyl groups excluding tert-OH is 1. The highest BCUT2D eigenvalue weighted by Gasteiger charge is 2.75. The number of rotatable bonds is 1. The summed E-state index contributed by atoms with van der Waals surface area (Å²) in [6, 6.07) is 0. The topological polar surface area (TPSA) is 83.8 Å². The summed E-state index contributed by atoms with van der Waals surface area (Å²) in [5, 5.41) is 22.5. The lowest BCUT2D eigenvalue weighted by Crippen LogP contribution is -2.65. The second-order valence-corrected chi connectivity index (χ2v) is 14.2. The zero-order valence-electron chi connectivity index (χ0n) is 22.8.